The van der Waals surface area contributed by atoms with Crippen molar-refractivity contribution in [3.05, 3.63) is 0 Å². The van der Waals surface area contributed by atoms with Crippen molar-refractivity contribution in [2.75, 3.05) is 0 Å². The Labute approximate surface area is 105 Å². The molecule has 0 radical (unpaired) electrons. The first-order chi connectivity index (χ1) is 7.99. The SMILES string of the molecule is CC(C)CC(NC1CCCC(C)CC1)C(=O)O. The van der Waals surface area contributed by atoms with Crippen LogP contribution in [-0.4, -0.2) is 23.2 Å². The monoisotopic (exact) mass is 241 g/mol. The van der Waals surface area contributed by atoms with E-state index in [9.17, 15) is 9.90 Å². The molecule has 1 saturated carbocycles. The first-order valence-corrected chi connectivity index (χ1v) is 6.98. The standard InChI is InChI=1S/C14H27NO2/c1-10(2)9-13(14(16)17)15-12-6-4-5-11(3)7-8-12/h10-13,15H,4-9H2,1-3H3,(H,16,17). The van der Waals surface area contributed by atoms with Gasteiger partial charge < -0.3 is 10.4 Å². The van der Waals surface area contributed by atoms with Gasteiger partial charge >= 0.3 is 5.97 Å². The molecule has 0 aliphatic heterocycles. The summed E-state index contributed by atoms with van der Waals surface area (Å²) in [6.07, 6.45) is 6.73. The molecule has 0 aromatic rings. The van der Waals surface area contributed by atoms with E-state index in [-0.39, 0.29) is 6.04 Å². The van der Waals surface area contributed by atoms with Crippen molar-refractivity contribution in [2.24, 2.45) is 11.8 Å². The fourth-order valence-electron chi connectivity index (χ4n) is 2.65. The number of hydrogen-bond acceptors (Lipinski definition) is 2. The summed E-state index contributed by atoms with van der Waals surface area (Å²) in [6, 6.07) is 0.0354. The third-order valence-corrected chi connectivity index (χ3v) is 3.70. The number of carboxylic acid groups (broad SMARTS) is 1. The number of carbonyl (C=O) groups is 1. The highest BCUT2D eigenvalue weighted by molar-refractivity contribution is 5.73. The van der Waals surface area contributed by atoms with Gasteiger partial charge in [0.2, 0.25) is 0 Å². The molecule has 0 heterocycles. The Bertz CT molecular complexity index is 240. The second-order valence-corrected chi connectivity index (χ2v) is 6.00. The Morgan fingerprint density at radius 3 is 2.59 bits per heavy atom. The predicted molar refractivity (Wildman–Crippen MR) is 70.1 cm³/mol. The topological polar surface area (TPSA) is 49.3 Å². The van der Waals surface area contributed by atoms with Crippen LogP contribution in [-0.2, 0) is 4.79 Å². The summed E-state index contributed by atoms with van der Waals surface area (Å²) in [5.41, 5.74) is 0. The van der Waals surface area contributed by atoms with Gasteiger partial charge in [-0.25, -0.2) is 0 Å². The third kappa shape index (κ3) is 5.53. The van der Waals surface area contributed by atoms with E-state index in [4.69, 9.17) is 0 Å². The summed E-state index contributed by atoms with van der Waals surface area (Å²) < 4.78 is 0. The molecule has 1 rings (SSSR count). The van der Waals surface area contributed by atoms with Crippen LogP contribution >= 0.6 is 0 Å². The third-order valence-electron chi connectivity index (χ3n) is 3.70. The van der Waals surface area contributed by atoms with Crippen molar-refractivity contribution in [1.82, 2.24) is 5.32 Å². The minimum atomic E-state index is -0.698. The van der Waals surface area contributed by atoms with Crippen molar-refractivity contribution in [3.63, 3.8) is 0 Å². The zero-order valence-corrected chi connectivity index (χ0v) is 11.4. The fraction of sp³-hybridized carbons (Fsp3) is 0.929. The summed E-state index contributed by atoms with van der Waals surface area (Å²) in [6.45, 7) is 6.45. The van der Waals surface area contributed by atoms with Crippen molar-refractivity contribution in [1.29, 1.82) is 0 Å². The molecule has 3 heteroatoms. The molecular formula is C14H27NO2. The molecular weight excluding hydrogens is 214 g/mol. The number of nitrogens with one attached hydrogen (secondary N) is 1. The van der Waals surface area contributed by atoms with Crippen LogP contribution in [0.5, 0.6) is 0 Å². The lowest BCUT2D eigenvalue weighted by Gasteiger charge is -2.23. The largest absolute Gasteiger partial charge is 0.480 e. The van der Waals surface area contributed by atoms with Gasteiger partial charge in [0.25, 0.3) is 0 Å². The fourth-order valence-corrected chi connectivity index (χ4v) is 2.65. The van der Waals surface area contributed by atoms with Crippen molar-refractivity contribution in [3.8, 4) is 0 Å². The van der Waals surface area contributed by atoms with Crippen LogP contribution < -0.4 is 5.32 Å². The van der Waals surface area contributed by atoms with Gasteiger partial charge in [0.05, 0.1) is 0 Å². The normalized spacial score (nSPS) is 27.8. The summed E-state index contributed by atoms with van der Waals surface area (Å²) in [4.78, 5) is 11.2. The van der Waals surface area contributed by atoms with E-state index < -0.39 is 5.97 Å². The van der Waals surface area contributed by atoms with Crippen molar-refractivity contribution < 1.29 is 9.90 Å². The minimum absolute atomic E-state index is 0.367. The average Bonchev–Trinajstić information content (AvgIpc) is 2.42. The molecule has 2 N–H and O–H groups in total. The first-order valence-electron chi connectivity index (χ1n) is 6.98. The Hall–Kier alpha value is -0.570. The van der Waals surface area contributed by atoms with Gasteiger partial charge in [0.1, 0.15) is 6.04 Å². The molecule has 17 heavy (non-hydrogen) atoms. The molecule has 3 nitrogen and oxygen atoms in total. The van der Waals surface area contributed by atoms with Gasteiger partial charge in [-0.1, -0.05) is 33.6 Å². The van der Waals surface area contributed by atoms with E-state index in [0.717, 1.165) is 25.2 Å². The van der Waals surface area contributed by atoms with E-state index >= 15 is 0 Å². The Kier molecular flexibility index (Phi) is 5.96. The first kappa shape index (κ1) is 14.5. The van der Waals surface area contributed by atoms with Crippen LogP contribution in [0.2, 0.25) is 0 Å². The molecule has 1 aliphatic rings. The zero-order valence-electron chi connectivity index (χ0n) is 11.4. The Morgan fingerprint density at radius 2 is 2.00 bits per heavy atom. The second kappa shape index (κ2) is 7.00. The van der Waals surface area contributed by atoms with E-state index in [1.807, 2.05) is 0 Å². The summed E-state index contributed by atoms with van der Waals surface area (Å²) in [5.74, 6) is 0.527. The molecule has 0 spiro atoms. The number of carboxylic acids is 1. The van der Waals surface area contributed by atoms with Crippen LogP contribution in [0.25, 0.3) is 0 Å². The molecule has 100 valence electrons. The summed E-state index contributed by atoms with van der Waals surface area (Å²) in [7, 11) is 0. The van der Waals surface area contributed by atoms with E-state index in [1.165, 1.54) is 19.3 Å². The molecule has 0 amide bonds. The molecule has 1 aliphatic carbocycles. The molecule has 0 saturated heterocycles. The van der Waals surface area contributed by atoms with Crippen LogP contribution in [0.1, 0.15) is 59.3 Å². The van der Waals surface area contributed by atoms with Gasteiger partial charge in [0, 0.05) is 6.04 Å². The maximum absolute atomic E-state index is 11.2. The highest BCUT2D eigenvalue weighted by Gasteiger charge is 2.24. The maximum atomic E-state index is 11.2. The lowest BCUT2D eigenvalue weighted by molar-refractivity contribution is -0.140. The Balaban J connectivity index is 2.45. The minimum Gasteiger partial charge on any atom is -0.480 e. The smallest absolute Gasteiger partial charge is 0.320 e. The number of aliphatic carboxylic acids is 1. The van der Waals surface area contributed by atoms with Gasteiger partial charge in [-0.05, 0) is 37.5 Å². The molecule has 3 unspecified atom stereocenters. The van der Waals surface area contributed by atoms with Gasteiger partial charge in [-0.3, -0.25) is 4.79 Å². The van der Waals surface area contributed by atoms with Crippen LogP contribution in [0, 0.1) is 11.8 Å². The van der Waals surface area contributed by atoms with Gasteiger partial charge in [0.15, 0.2) is 0 Å². The van der Waals surface area contributed by atoms with Crippen LogP contribution in [0.15, 0.2) is 0 Å². The number of hydrogen-bond donors (Lipinski definition) is 2. The predicted octanol–water partition coefficient (Wildman–Crippen LogP) is 3.04. The maximum Gasteiger partial charge on any atom is 0.320 e. The lowest BCUT2D eigenvalue weighted by Crippen LogP contribution is -2.44. The highest BCUT2D eigenvalue weighted by Crippen LogP contribution is 2.23. The van der Waals surface area contributed by atoms with E-state index in [1.54, 1.807) is 0 Å². The zero-order chi connectivity index (χ0) is 12.8. The van der Waals surface area contributed by atoms with Gasteiger partial charge in [-0.2, -0.15) is 0 Å². The molecule has 0 aromatic heterocycles. The van der Waals surface area contributed by atoms with E-state index in [0.29, 0.717) is 12.0 Å². The number of rotatable bonds is 5. The summed E-state index contributed by atoms with van der Waals surface area (Å²) >= 11 is 0. The lowest BCUT2D eigenvalue weighted by atomic mass is 10.0. The van der Waals surface area contributed by atoms with Crippen LogP contribution in [0.4, 0.5) is 0 Å². The molecule has 1 fully saturated rings. The molecule has 0 aromatic carbocycles. The van der Waals surface area contributed by atoms with Crippen LogP contribution in [0.3, 0.4) is 0 Å². The molecule has 3 atom stereocenters. The quantitative estimate of drug-likeness (QED) is 0.727. The van der Waals surface area contributed by atoms with E-state index in [2.05, 4.69) is 26.1 Å². The van der Waals surface area contributed by atoms with Crippen molar-refractivity contribution in [2.45, 2.75) is 71.4 Å². The molecule has 0 bridgehead atoms. The average molecular weight is 241 g/mol. The highest BCUT2D eigenvalue weighted by atomic mass is 16.4. The van der Waals surface area contributed by atoms with Crippen molar-refractivity contribution >= 4 is 5.97 Å². The Morgan fingerprint density at radius 1 is 1.29 bits per heavy atom. The second-order valence-electron chi connectivity index (χ2n) is 6.00. The summed E-state index contributed by atoms with van der Waals surface area (Å²) in [5, 5.41) is 12.6. The van der Waals surface area contributed by atoms with Gasteiger partial charge in [-0.15, -0.1) is 0 Å².